The molecular formula is C16H19N3S. The lowest BCUT2D eigenvalue weighted by atomic mass is 10.1. The molecule has 1 aromatic carbocycles. The molecule has 0 saturated carbocycles. The molecule has 0 saturated heterocycles. The van der Waals surface area contributed by atoms with Gasteiger partial charge in [0.15, 0.2) is 0 Å². The van der Waals surface area contributed by atoms with Crippen LogP contribution in [0.4, 0.5) is 5.69 Å². The Morgan fingerprint density at radius 1 is 1.30 bits per heavy atom. The van der Waals surface area contributed by atoms with E-state index in [2.05, 4.69) is 54.6 Å². The topological polar surface area (TPSA) is 41.6 Å². The van der Waals surface area contributed by atoms with Gasteiger partial charge in [-0.25, -0.2) is 0 Å². The van der Waals surface area contributed by atoms with Gasteiger partial charge in [0.25, 0.3) is 0 Å². The van der Waals surface area contributed by atoms with E-state index in [1.54, 1.807) is 11.3 Å². The number of anilines is 1. The van der Waals surface area contributed by atoms with Crippen molar-refractivity contribution in [3.05, 3.63) is 51.7 Å². The first-order valence-corrected chi connectivity index (χ1v) is 7.74. The molecular weight excluding hydrogens is 266 g/mol. The fourth-order valence-electron chi connectivity index (χ4n) is 2.60. The average Bonchev–Trinajstić information content (AvgIpc) is 3.09. The van der Waals surface area contributed by atoms with Gasteiger partial charge in [-0.3, -0.25) is 5.01 Å². The van der Waals surface area contributed by atoms with E-state index < -0.39 is 0 Å². The summed E-state index contributed by atoms with van der Waals surface area (Å²) in [6, 6.07) is 11.0. The van der Waals surface area contributed by atoms with Crippen LogP contribution in [0, 0.1) is 13.8 Å². The Balaban J connectivity index is 2.04. The minimum Gasteiger partial charge on any atom is -0.325 e. The maximum absolute atomic E-state index is 5.80. The van der Waals surface area contributed by atoms with Crippen molar-refractivity contribution in [3.8, 4) is 0 Å². The zero-order valence-electron chi connectivity index (χ0n) is 11.8. The summed E-state index contributed by atoms with van der Waals surface area (Å²) < 4.78 is 0. The molecule has 1 unspecified atom stereocenters. The van der Waals surface area contributed by atoms with Crippen LogP contribution in [0.2, 0.25) is 0 Å². The first-order chi connectivity index (χ1) is 9.70. The van der Waals surface area contributed by atoms with Crippen molar-refractivity contribution >= 4 is 22.7 Å². The molecule has 2 heterocycles. The van der Waals surface area contributed by atoms with Crippen LogP contribution < -0.4 is 10.7 Å². The molecule has 0 aliphatic carbocycles. The zero-order chi connectivity index (χ0) is 14.1. The smallest absolute Gasteiger partial charge is 0.0920 e. The molecule has 0 bridgehead atoms. The van der Waals surface area contributed by atoms with Crippen molar-refractivity contribution in [3.63, 3.8) is 0 Å². The summed E-state index contributed by atoms with van der Waals surface area (Å²) in [5.74, 6) is 0. The molecule has 4 heteroatoms. The fraction of sp³-hybridized carbons (Fsp3) is 0.312. The molecule has 20 heavy (non-hydrogen) atoms. The standard InChI is InChI=1S/C16H19N3S/c1-11-5-3-6-14(12(11)2)19-15(9-13(10-17)18-19)16-7-4-8-20-16/h3-8,15H,9-10,17H2,1-2H3. The lowest BCUT2D eigenvalue weighted by Crippen LogP contribution is -2.18. The molecule has 0 fully saturated rings. The van der Waals surface area contributed by atoms with E-state index in [9.17, 15) is 0 Å². The highest BCUT2D eigenvalue weighted by molar-refractivity contribution is 7.10. The second-order valence-corrected chi connectivity index (χ2v) is 6.15. The van der Waals surface area contributed by atoms with Crippen molar-refractivity contribution in [1.29, 1.82) is 0 Å². The van der Waals surface area contributed by atoms with Crippen LogP contribution in [-0.2, 0) is 0 Å². The van der Waals surface area contributed by atoms with Gasteiger partial charge in [0.2, 0.25) is 0 Å². The summed E-state index contributed by atoms with van der Waals surface area (Å²) in [5.41, 5.74) is 10.6. The Morgan fingerprint density at radius 3 is 2.85 bits per heavy atom. The monoisotopic (exact) mass is 285 g/mol. The maximum Gasteiger partial charge on any atom is 0.0920 e. The minimum absolute atomic E-state index is 0.286. The number of aryl methyl sites for hydroxylation is 1. The fourth-order valence-corrected chi connectivity index (χ4v) is 3.42. The number of hydrogen-bond donors (Lipinski definition) is 1. The van der Waals surface area contributed by atoms with Gasteiger partial charge in [-0.05, 0) is 42.5 Å². The lowest BCUT2D eigenvalue weighted by Gasteiger charge is -2.25. The van der Waals surface area contributed by atoms with Crippen LogP contribution >= 0.6 is 11.3 Å². The summed E-state index contributed by atoms with van der Waals surface area (Å²) in [5, 5.41) is 9.02. The Bertz CT molecular complexity index is 631. The van der Waals surface area contributed by atoms with E-state index >= 15 is 0 Å². The van der Waals surface area contributed by atoms with E-state index in [1.165, 1.54) is 21.7 Å². The summed E-state index contributed by atoms with van der Waals surface area (Å²) in [4.78, 5) is 1.35. The van der Waals surface area contributed by atoms with E-state index in [1.807, 2.05) is 0 Å². The Labute approximate surface area is 123 Å². The van der Waals surface area contributed by atoms with Crippen LogP contribution in [0.15, 0.2) is 40.8 Å². The second-order valence-electron chi connectivity index (χ2n) is 5.17. The number of thiophene rings is 1. The molecule has 1 aliphatic rings. The van der Waals surface area contributed by atoms with Crippen LogP contribution in [0.3, 0.4) is 0 Å². The van der Waals surface area contributed by atoms with Crippen molar-refractivity contribution in [1.82, 2.24) is 0 Å². The quantitative estimate of drug-likeness (QED) is 0.935. The number of benzene rings is 1. The van der Waals surface area contributed by atoms with Crippen LogP contribution in [-0.4, -0.2) is 12.3 Å². The Kier molecular flexibility index (Phi) is 3.59. The normalized spacial score (nSPS) is 18.4. The summed E-state index contributed by atoms with van der Waals surface area (Å²) >= 11 is 1.79. The molecule has 3 nitrogen and oxygen atoms in total. The summed E-state index contributed by atoms with van der Waals surface area (Å²) in [6.45, 7) is 4.83. The van der Waals surface area contributed by atoms with Gasteiger partial charge < -0.3 is 5.73 Å². The highest BCUT2D eigenvalue weighted by atomic mass is 32.1. The van der Waals surface area contributed by atoms with Gasteiger partial charge in [-0.15, -0.1) is 11.3 Å². The third-order valence-corrected chi connectivity index (χ3v) is 4.88. The van der Waals surface area contributed by atoms with Crippen molar-refractivity contribution in [2.24, 2.45) is 10.8 Å². The second kappa shape index (κ2) is 5.38. The Hall–Kier alpha value is -1.65. The Morgan fingerprint density at radius 2 is 2.15 bits per heavy atom. The zero-order valence-corrected chi connectivity index (χ0v) is 12.7. The lowest BCUT2D eigenvalue weighted by molar-refractivity contribution is 0.719. The molecule has 2 N–H and O–H groups in total. The predicted molar refractivity (Wildman–Crippen MR) is 86.6 cm³/mol. The predicted octanol–water partition coefficient (Wildman–Crippen LogP) is 3.63. The largest absolute Gasteiger partial charge is 0.325 e. The molecule has 104 valence electrons. The van der Waals surface area contributed by atoms with E-state index in [4.69, 9.17) is 10.8 Å². The average molecular weight is 285 g/mol. The molecule has 1 aliphatic heterocycles. The van der Waals surface area contributed by atoms with Crippen LogP contribution in [0.1, 0.15) is 28.5 Å². The minimum atomic E-state index is 0.286. The van der Waals surface area contributed by atoms with Gasteiger partial charge in [0.05, 0.1) is 17.4 Å². The van der Waals surface area contributed by atoms with Crippen LogP contribution in [0.5, 0.6) is 0 Å². The third kappa shape index (κ3) is 2.25. The molecule has 0 amide bonds. The number of nitrogens with two attached hydrogens (primary N) is 1. The van der Waals surface area contributed by atoms with Gasteiger partial charge in [-0.1, -0.05) is 18.2 Å². The first-order valence-electron chi connectivity index (χ1n) is 6.86. The van der Waals surface area contributed by atoms with Crippen LogP contribution in [0.25, 0.3) is 0 Å². The van der Waals surface area contributed by atoms with E-state index in [0.717, 1.165) is 12.1 Å². The highest BCUT2D eigenvalue weighted by Crippen LogP contribution is 2.38. The van der Waals surface area contributed by atoms with Crippen molar-refractivity contribution < 1.29 is 0 Å². The number of rotatable bonds is 3. The van der Waals surface area contributed by atoms with Crippen molar-refractivity contribution in [2.45, 2.75) is 26.3 Å². The molecule has 1 atom stereocenters. The SMILES string of the molecule is Cc1cccc(N2N=C(CN)CC2c2cccs2)c1C. The summed E-state index contributed by atoms with van der Waals surface area (Å²) in [6.07, 6.45) is 0.921. The maximum atomic E-state index is 5.80. The number of hydrazone groups is 1. The van der Waals surface area contributed by atoms with E-state index in [-0.39, 0.29) is 6.04 Å². The van der Waals surface area contributed by atoms with E-state index in [0.29, 0.717) is 6.54 Å². The van der Waals surface area contributed by atoms with Gasteiger partial charge in [0, 0.05) is 17.8 Å². The molecule has 3 rings (SSSR count). The van der Waals surface area contributed by atoms with Gasteiger partial charge in [-0.2, -0.15) is 5.10 Å². The molecule has 2 aromatic rings. The molecule has 0 radical (unpaired) electrons. The van der Waals surface area contributed by atoms with Gasteiger partial charge >= 0.3 is 0 Å². The summed E-state index contributed by atoms with van der Waals surface area (Å²) in [7, 11) is 0. The van der Waals surface area contributed by atoms with Crippen molar-refractivity contribution in [2.75, 3.05) is 11.6 Å². The van der Waals surface area contributed by atoms with Gasteiger partial charge in [0.1, 0.15) is 0 Å². The number of nitrogens with zero attached hydrogens (tertiary/aromatic N) is 2. The highest BCUT2D eigenvalue weighted by Gasteiger charge is 2.30. The third-order valence-electron chi connectivity index (χ3n) is 3.90. The number of hydrogen-bond acceptors (Lipinski definition) is 4. The molecule has 1 aromatic heterocycles. The first kappa shape index (κ1) is 13.3. The molecule has 0 spiro atoms.